The van der Waals surface area contributed by atoms with Crippen molar-refractivity contribution in [3.05, 3.63) is 0 Å². The quantitative estimate of drug-likeness (QED) is 0.672. The lowest BCUT2D eigenvalue weighted by Crippen LogP contribution is -2.46. The van der Waals surface area contributed by atoms with Crippen molar-refractivity contribution in [2.45, 2.75) is 38.1 Å². The predicted molar refractivity (Wildman–Crippen MR) is 49.0 cm³/mol. The van der Waals surface area contributed by atoms with Gasteiger partial charge in [0, 0.05) is 19.2 Å². The molecule has 70 valence electrons. The molecule has 0 aromatic rings. The van der Waals surface area contributed by atoms with E-state index < -0.39 is 0 Å². The smallest absolute Gasteiger partial charge is 0.0471 e. The number of aliphatic hydroxyl groups excluding tert-OH is 1. The first-order valence-electron chi connectivity index (χ1n) is 5.25. The van der Waals surface area contributed by atoms with E-state index in [0.717, 1.165) is 12.6 Å². The van der Waals surface area contributed by atoms with Gasteiger partial charge in [-0.1, -0.05) is 6.42 Å². The first-order valence-corrected chi connectivity index (χ1v) is 5.25. The predicted octanol–water partition coefficient (Wildman–Crippen LogP) is 1.24. The maximum absolute atomic E-state index is 9.05. The number of aliphatic hydroxyl groups is 1. The van der Waals surface area contributed by atoms with Gasteiger partial charge in [0.1, 0.15) is 0 Å². The molecule has 1 heterocycles. The van der Waals surface area contributed by atoms with Crippen molar-refractivity contribution in [2.24, 2.45) is 5.92 Å². The minimum absolute atomic E-state index is 0.392. The van der Waals surface area contributed by atoms with Crippen LogP contribution in [0.3, 0.4) is 0 Å². The Balaban J connectivity index is 1.81. The zero-order valence-electron chi connectivity index (χ0n) is 7.71. The largest absolute Gasteiger partial charge is 0.396 e. The highest BCUT2D eigenvalue weighted by molar-refractivity contribution is 4.83. The van der Waals surface area contributed by atoms with E-state index in [0.29, 0.717) is 12.5 Å². The second-order valence-corrected chi connectivity index (χ2v) is 4.27. The molecule has 1 aliphatic carbocycles. The maximum Gasteiger partial charge on any atom is 0.0471 e. The van der Waals surface area contributed by atoms with E-state index in [1.54, 1.807) is 0 Å². The van der Waals surface area contributed by atoms with Gasteiger partial charge in [-0.3, -0.25) is 0 Å². The van der Waals surface area contributed by atoms with Gasteiger partial charge in [-0.05, 0) is 38.1 Å². The van der Waals surface area contributed by atoms with Crippen LogP contribution in [0.5, 0.6) is 0 Å². The summed E-state index contributed by atoms with van der Waals surface area (Å²) in [5.74, 6) is 0.569. The van der Waals surface area contributed by atoms with Crippen molar-refractivity contribution >= 4 is 0 Å². The van der Waals surface area contributed by atoms with Crippen LogP contribution in [0.25, 0.3) is 0 Å². The molecule has 2 fully saturated rings. The van der Waals surface area contributed by atoms with E-state index in [4.69, 9.17) is 5.11 Å². The van der Waals surface area contributed by atoms with Gasteiger partial charge in [-0.2, -0.15) is 0 Å². The highest BCUT2D eigenvalue weighted by atomic mass is 16.3. The molecule has 1 saturated carbocycles. The third-order valence-corrected chi connectivity index (χ3v) is 3.40. The highest BCUT2D eigenvalue weighted by Gasteiger charge is 2.28. The fourth-order valence-electron chi connectivity index (χ4n) is 2.33. The van der Waals surface area contributed by atoms with E-state index in [1.807, 2.05) is 0 Å². The Morgan fingerprint density at radius 1 is 1.17 bits per heavy atom. The first-order chi connectivity index (χ1) is 5.90. The average molecular weight is 169 g/mol. The number of likely N-dealkylation sites (tertiary alicyclic amines) is 1. The van der Waals surface area contributed by atoms with Gasteiger partial charge < -0.3 is 10.0 Å². The molecule has 0 spiro atoms. The van der Waals surface area contributed by atoms with Crippen LogP contribution in [0, 0.1) is 5.92 Å². The van der Waals surface area contributed by atoms with Crippen molar-refractivity contribution < 1.29 is 5.11 Å². The second-order valence-electron chi connectivity index (χ2n) is 4.27. The van der Waals surface area contributed by atoms with Gasteiger partial charge >= 0.3 is 0 Å². The van der Waals surface area contributed by atoms with Gasteiger partial charge in [0.15, 0.2) is 0 Å². The molecule has 0 bridgehead atoms. The average Bonchev–Trinajstić information content (AvgIpc) is 2.02. The third-order valence-electron chi connectivity index (χ3n) is 3.40. The van der Waals surface area contributed by atoms with Crippen molar-refractivity contribution in [2.75, 3.05) is 19.7 Å². The lowest BCUT2D eigenvalue weighted by molar-refractivity contribution is 0.0559. The molecular formula is C10H19NO. The van der Waals surface area contributed by atoms with Gasteiger partial charge in [0.05, 0.1) is 0 Å². The lowest BCUT2D eigenvalue weighted by Gasteiger charge is -2.42. The monoisotopic (exact) mass is 169 g/mol. The Kier molecular flexibility index (Phi) is 2.66. The molecule has 1 atom stereocenters. The van der Waals surface area contributed by atoms with Gasteiger partial charge in [-0.25, -0.2) is 0 Å². The van der Waals surface area contributed by atoms with E-state index in [2.05, 4.69) is 4.90 Å². The van der Waals surface area contributed by atoms with Crippen LogP contribution in [-0.4, -0.2) is 35.7 Å². The third kappa shape index (κ3) is 1.64. The van der Waals surface area contributed by atoms with Crippen LogP contribution in [-0.2, 0) is 0 Å². The SMILES string of the molecule is OC[C@@H]1CCCN(C2CCC2)C1. The Hall–Kier alpha value is -0.0800. The van der Waals surface area contributed by atoms with Gasteiger partial charge in [0.25, 0.3) is 0 Å². The van der Waals surface area contributed by atoms with Crippen LogP contribution in [0.1, 0.15) is 32.1 Å². The number of nitrogens with zero attached hydrogens (tertiary/aromatic N) is 1. The number of hydrogen-bond acceptors (Lipinski definition) is 2. The lowest BCUT2D eigenvalue weighted by atomic mass is 9.88. The van der Waals surface area contributed by atoms with Crippen LogP contribution >= 0.6 is 0 Å². The molecule has 0 unspecified atom stereocenters. The Bertz CT molecular complexity index is 145. The molecule has 0 amide bonds. The Morgan fingerprint density at radius 2 is 2.00 bits per heavy atom. The molecule has 1 N–H and O–H groups in total. The van der Waals surface area contributed by atoms with Crippen LogP contribution in [0.2, 0.25) is 0 Å². The fraction of sp³-hybridized carbons (Fsp3) is 1.00. The highest BCUT2D eigenvalue weighted by Crippen LogP contribution is 2.28. The number of piperidine rings is 1. The van der Waals surface area contributed by atoms with Crippen molar-refractivity contribution in [3.8, 4) is 0 Å². The molecular weight excluding hydrogens is 150 g/mol. The van der Waals surface area contributed by atoms with Crippen molar-refractivity contribution in [3.63, 3.8) is 0 Å². The summed E-state index contributed by atoms with van der Waals surface area (Å²) >= 11 is 0. The minimum Gasteiger partial charge on any atom is -0.396 e. The normalized spacial score (nSPS) is 33.2. The van der Waals surface area contributed by atoms with Crippen molar-refractivity contribution in [1.82, 2.24) is 4.90 Å². The van der Waals surface area contributed by atoms with Crippen LogP contribution in [0.15, 0.2) is 0 Å². The summed E-state index contributed by atoms with van der Waals surface area (Å²) in [5.41, 5.74) is 0. The molecule has 2 nitrogen and oxygen atoms in total. The molecule has 0 aromatic heterocycles. The standard InChI is InChI=1S/C10H19NO/c12-8-9-3-2-6-11(7-9)10-4-1-5-10/h9-10,12H,1-8H2/t9-/m1/s1. The topological polar surface area (TPSA) is 23.5 Å². The molecule has 0 radical (unpaired) electrons. The summed E-state index contributed by atoms with van der Waals surface area (Å²) in [4.78, 5) is 2.59. The molecule has 2 rings (SSSR count). The first kappa shape index (κ1) is 8.52. The van der Waals surface area contributed by atoms with E-state index in [9.17, 15) is 0 Å². The summed E-state index contributed by atoms with van der Waals surface area (Å²) in [6, 6.07) is 0.874. The summed E-state index contributed by atoms with van der Waals surface area (Å²) in [5, 5.41) is 9.05. The van der Waals surface area contributed by atoms with Gasteiger partial charge in [0.2, 0.25) is 0 Å². The maximum atomic E-state index is 9.05. The zero-order chi connectivity index (χ0) is 8.39. The molecule has 2 heteroatoms. The van der Waals surface area contributed by atoms with E-state index in [1.165, 1.54) is 38.6 Å². The fourth-order valence-corrected chi connectivity index (χ4v) is 2.33. The zero-order valence-corrected chi connectivity index (χ0v) is 7.71. The van der Waals surface area contributed by atoms with Gasteiger partial charge in [-0.15, -0.1) is 0 Å². The van der Waals surface area contributed by atoms with E-state index in [-0.39, 0.29) is 0 Å². The number of hydrogen-bond donors (Lipinski definition) is 1. The Morgan fingerprint density at radius 3 is 2.58 bits per heavy atom. The summed E-state index contributed by atoms with van der Waals surface area (Å²) in [6.07, 6.45) is 6.75. The summed E-state index contributed by atoms with van der Waals surface area (Å²) in [7, 11) is 0. The van der Waals surface area contributed by atoms with Crippen LogP contribution < -0.4 is 0 Å². The Labute approximate surface area is 74.6 Å². The molecule has 1 saturated heterocycles. The second kappa shape index (κ2) is 3.75. The summed E-state index contributed by atoms with van der Waals surface area (Å²) < 4.78 is 0. The van der Waals surface area contributed by atoms with Crippen molar-refractivity contribution in [1.29, 1.82) is 0 Å². The summed E-state index contributed by atoms with van der Waals surface area (Å²) in [6.45, 7) is 2.82. The minimum atomic E-state index is 0.392. The van der Waals surface area contributed by atoms with E-state index >= 15 is 0 Å². The molecule has 1 aliphatic heterocycles. The molecule has 12 heavy (non-hydrogen) atoms. The molecule has 2 aliphatic rings. The molecule has 0 aromatic carbocycles. The van der Waals surface area contributed by atoms with Crippen LogP contribution in [0.4, 0.5) is 0 Å². The number of rotatable bonds is 2.